The van der Waals surface area contributed by atoms with Crippen molar-refractivity contribution in [1.82, 2.24) is 10.6 Å². The summed E-state index contributed by atoms with van der Waals surface area (Å²) >= 11 is 0. The molecule has 3 N–H and O–H groups in total. The van der Waals surface area contributed by atoms with E-state index in [1.165, 1.54) is 0 Å². The molecule has 0 saturated carbocycles. The number of amides is 2. The Labute approximate surface area is 190 Å². The van der Waals surface area contributed by atoms with Crippen molar-refractivity contribution in [2.75, 3.05) is 13.2 Å². The van der Waals surface area contributed by atoms with E-state index in [1.54, 1.807) is 26.0 Å². The molecule has 1 aromatic rings. The number of rotatable bonds is 15. The van der Waals surface area contributed by atoms with Crippen molar-refractivity contribution in [3.8, 4) is 0 Å². The largest absolute Gasteiger partial charge is 0.463 e. The molecule has 7 nitrogen and oxygen atoms in total. The van der Waals surface area contributed by atoms with Gasteiger partial charge in [0.25, 0.3) is 0 Å². The van der Waals surface area contributed by atoms with Crippen molar-refractivity contribution in [2.45, 2.75) is 51.6 Å². The summed E-state index contributed by atoms with van der Waals surface area (Å²) in [5, 5.41) is 14.5. The smallest absolute Gasteiger partial charge is 0.309 e. The summed E-state index contributed by atoms with van der Waals surface area (Å²) in [7, 11) is 0. The van der Waals surface area contributed by atoms with Gasteiger partial charge in [-0.3, -0.25) is 14.4 Å². The summed E-state index contributed by atoms with van der Waals surface area (Å²) in [6.45, 7) is 10.6. The summed E-state index contributed by atoms with van der Waals surface area (Å²) < 4.78 is 5.45. The predicted molar refractivity (Wildman–Crippen MR) is 125 cm³/mol. The molecule has 0 fully saturated rings. The normalized spacial score (nSPS) is 14.3. The molecule has 0 aromatic heterocycles. The number of nitrogens with one attached hydrogen (secondary N) is 2. The van der Waals surface area contributed by atoms with E-state index < -0.39 is 12.0 Å². The number of carbonyl (C=O) groups is 3. The Kier molecular flexibility index (Phi) is 12.7. The lowest BCUT2D eigenvalue weighted by Gasteiger charge is -2.21. The zero-order valence-electron chi connectivity index (χ0n) is 19.1. The number of aliphatic hydroxyl groups excluding tert-OH is 1. The van der Waals surface area contributed by atoms with Crippen molar-refractivity contribution >= 4 is 17.8 Å². The number of allylic oxidation sites excluding steroid dienone is 2. The van der Waals surface area contributed by atoms with Crippen LogP contribution in [0.25, 0.3) is 0 Å². The number of ether oxygens (including phenoxy) is 1. The quantitative estimate of drug-likeness (QED) is 0.285. The van der Waals surface area contributed by atoms with Crippen LogP contribution < -0.4 is 10.6 Å². The average Bonchev–Trinajstić information content (AvgIpc) is 2.77. The van der Waals surface area contributed by atoms with E-state index in [9.17, 15) is 14.4 Å². The second kappa shape index (κ2) is 15.0. The van der Waals surface area contributed by atoms with Gasteiger partial charge in [0.1, 0.15) is 6.61 Å². The molecule has 7 heteroatoms. The maximum atomic E-state index is 12.6. The monoisotopic (exact) mass is 444 g/mol. The molecule has 0 heterocycles. The zero-order valence-corrected chi connectivity index (χ0v) is 19.1. The maximum Gasteiger partial charge on any atom is 0.309 e. The zero-order chi connectivity index (χ0) is 23.9. The third-order valence-corrected chi connectivity index (χ3v) is 4.91. The highest BCUT2D eigenvalue weighted by atomic mass is 16.5. The van der Waals surface area contributed by atoms with Gasteiger partial charge in [-0.2, -0.15) is 0 Å². The van der Waals surface area contributed by atoms with Crippen molar-refractivity contribution in [3.05, 3.63) is 61.2 Å². The second-order valence-electron chi connectivity index (χ2n) is 8.03. The summed E-state index contributed by atoms with van der Waals surface area (Å²) in [5.74, 6) is -1.91. The van der Waals surface area contributed by atoms with Gasteiger partial charge in [0, 0.05) is 12.5 Å². The molecular weight excluding hydrogens is 408 g/mol. The Morgan fingerprint density at radius 1 is 1.00 bits per heavy atom. The lowest BCUT2D eigenvalue weighted by molar-refractivity contribution is -0.149. The van der Waals surface area contributed by atoms with E-state index in [-0.39, 0.29) is 49.4 Å². The van der Waals surface area contributed by atoms with E-state index in [0.29, 0.717) is 19.3 Å². The number of carbonyl (C=O) groups excluding carboxylic acids is 3. The SMILES string of the molecule is C=CC[C@H](CC(=O)N[C@H](C)CO)C(=O)N[C@@H](C)COC(=O)[C@H](CC=C)Cc1ccccc1. The highest BCUT2D eigenvalue weighted by Gasteiger charge is 2.24. The minimum absolute atomic E-state index is 0.0206. The van der Waals surface area contributed by atoms with Crippen LogP contribution in [-0.4, -0.2) is 48.2 Å². The fourth-order valence-electron chi connectivity index (χ4n) is 3.18. The van der Waals surface area contributed by atoms with Gasteiger partial charge in [0.15, 0.2) is 0 Å². The van der Waals surface area contributed by atoms with Crippen LogP contribution >= 0.6 is 0 Å². The van der Waals surface area contributed by atoms with Crippen LogP contribution in [0.3, 0.4) is 0 Å². The molecule has 0 aliphatic carbocycles. The standard InChI is InChI=1S/C25H36N2O5/c1-5-10-21(15-23(29)26-18(3)16-28)24(30)27-19(4)17-32-25(31)22(11-6-2)14-20-12-8-7-9-13-20/h5-9,12-13,18-19,21-22,28H,1-2,10-11,14-17H2,3-4H3,(H,26,29)(H,27,30)/t18-,19+,21-,22-/m1/s1. The van der Waals surface area contributed by atoms with Gasteiger partial charge in [-0.1, -0.05) is 42.5 Å². The highest BCUT2D eigenvalue weighted by Crippen LogP contribution is 2.15. The first-order valence-electron chi connectivity index (χ1n) is 10.9. The minimum atomic E-state index is -0.594. The molecule has 0 unspecified atom stereocenters. The van der Waals surface area contributed by atoms with E-state index in [4.69, 9.17) is 9.84 Å². The van der Waals surface area contributed by atoms with Crippen LogP contribution in [-0.2, 0) is 25.5 Å². The molecule has 0 radical (unpaired) electrons. The highest BCUT2D eigenvalue weighted by molar-refractivity contribution is 5.86. The molecule has 176 valence electrons. The van der Waals surface area contributed by atoms with Crippen LogP contribution in [0.1, 0.15) is 38.7 Å². The van der Waals surface area contributed by atoms with Crippen LogP contribution in [0.15, 0.2) is 55.6 Å². The third-order valence-electron chi connectivity index (χ3n) is 4.91. The lowest BCUT2D eigenvalue weighted by atomic mass is 9.96. The Morgan fingerprint density at radius 2 is 1.62 bits per heavy atom. The molecule has 2 amide bonds. The van der Waals surface area contributed by atoms with Gasteiger partial charge >= 0.3 is 5.97 Å². The molecular formula is C25H36N2O5. The van der Waals surface area contributed by atoms with E-state index >= 15 is 0 Å². The number of hydrogen-bond donors (Lipinski definition) is 3. The first-order valence-corrected chi connectivity index (χ1v) is 10.9. The van der Waals surface area contributed by atoms with Gasteiger partial charge in [-0.25, -0.2) is 0 Å². The average molecular weight is 445 g/mol. The van der Waals surface area contributed by atoms with Crippen molar-refractivity contribution in [3.63, 3.8) is 0 Å². The van der Waals surface area contributed by atoms with Gasteiger partial charge in [0.2, 0.25) is 11.8 Å². The molecule has 32 heavy (non-hydrogen) atoms. The number of hydrogen-bond acceptors (Lipinski definition) is 5. The number of aliphatic hydroxyl groups is 1. The Morgan fingerprint density at radius 3 is 2.22 bits per heavy atom. The fourth-order valence-corrected chi connectivity index (χ4v) is 3.18. The summed E-state index contributed by atoms with van der Waals surface area (Å²) in [4.78, 5) is 37.3. The molecule has 0 aliphatic rings. The molecule has 0 bridgehead atoms. The Hall–Kier alpha value is -2.93. The molecule has 4 atom stereocenters. The van der Waals surface area contributed by atoms with Crippen LogP contribution in [0.5, 0.6) is 0 Å². The van der Waals surface area contributed by atoms with Crippen LogP contribution in [0.2, 0.25) is 0 Å². The predicted octanol–water partition coefficient (Wildman–Crippen LogP) is 2.55. The summed E-state index contributed by atoms with van der Waals surface area (Å²) in [6.07, 6.45) is 4.64. The van der Waals surface area contributed by atoms with Crippen molar-refractivity contribution < 1.29 is 24.2 Å². The van der Waals surface area contributed by atoms with Gasteiger partial charge < -0.3 is 20.5 Å². The van der Waals surface area contributed by atoms with Gasteiger partial charge in [0.05, 0.1) is 24.5 Å². The van der Waals surface area contributed by atoms with Crippen LogP contribution in [0.4, 0.5) is 0 Å². The molecule has 1 aromatic carbocycles. The molecule has 0 aliphatic heterocycles. The van der Waals surface area contributed by atoms with Crippen molar-refractivity contribution in [1.29, 1.82) is 0 Å². The van der Waals surface area contributed by atoms with E-state index in [2.05, 4.69) is 23.8 Å². The second-order valence-corrected chi connectivity index (χ2v) is 8.03. The lowest BCUT2D eigenvalue weighted by Crippen LogP contribution is -2.43. The Bertz CT molecular complexity index is 750. The van der Waals surface area contributed by atoms with Gasteiger partial charge in [-0.15, -0.1) is 13.2 Å². The molecule has 1 rings (SSSR count). The topological polar surface area (TPSA) is 105 Å². The third kappa shape index (κ3) is 10.4. The number of benzene rings is 1. The molecule has 0 spiro atoms. The van der Waals surface area contributed by atoms with Gasteiger partial charge in [-0.05, 0) is 38.7 Å². The van der Waals surface area contributed by atoms with E-state index in [0.717, 1.165) is 5.56 Å². The first-order chi connectivity index (χ1) is 15.3. The number of esters is 1. The fraction of sp³-hybridized carbons (Fsp3) is 0.480. The Balaban J connectivity index is 2.57. The van der Waals surface area contributed by atoms with Crippen LogP contribution in [0, 0.1) is 11.8 Å². The van der Waals surface area contributed by atoms with Crippen molar-refractivity contribution in [2.24, 2.45) is 11.8 Å². The maximum absolute atomic E-state index is 12.6. The van der Waals surface area contributed by atoms with E-state index in [1.807, 2.05) is 30.3 Å². The first kappa shape index (κ1) is 27.1. The summed E-state index contributed by atoms with van der Waals surface area (Å²) in [5.41, 5.74) is 1.04. The minimum Gasteiger partial charge on any atom is -0.463 e. The molecule has 0 saturated heterocycles. The summed E-state index contributed by atoms with van der Waals surface area (Å²) in [6, 6.07) is 8.89.